The van der Waals surface area contributed by atoms with Gasteiger partial charge in [-0.2, -0.15) is 0 Å². The minimum Gasteiger partial charge on any atom is -0.490 e. The fourth-order valence-electron chi connectivity index (χ4n) is 4.56. The number of rotatable bonds is 9. The maximum atomic E-state index is 13.6. The summed E-state index contributed by atoms with van der Waals surface area (Å²) < 4.78 is 38.1. The Bertz CT molecular complexity index is 738. The second-order valence-corrected chi connectivity index (χ2v) is 8.29. The summed E-state index contributed by atoms with van der Waals surface area (Å²) in [7, 11) is 0. The van der Waals surface area contributed by atoms with Crippen LogP contribution in [0.15, 0.2) is 30.4 Å². The van der Waals surface area contributed by atoms with E-state index in [0.717, 1.165) is 37.5 Å². The normalized spacial score (nSPS) is 29.0. The zero-order valence-electron chi connectivity index (χ0n) is 17.0. The van der Waals surface area contributed by atoms with Gasteiger partial charge < -0.3 is 19.7 Å². The summed E-state index contributed by atoms with van der Waals surface area (Å²) in [6, 6.07) is 3.11. The number of aliphatic carboxylic acids is 1. The van der Waals surface area contributed by atoms with Crippen molar-refractivity contribution in [1.29, 1.82) is 0 Å². The van der Waals surface area contributed by atoms with Gasteiger partial charge in [0.2, 0.25) is 0 Å². The lowest BCUT2D eigenvalue weighted by Crippen LogP contribution is -2.21. The van der Waals surface area contributed by atoms with E-state index in [2.05, 4.69) is 0 Å². The maximum absolute atomic E-state index is 13.6. The first-order valence-corrected chi connectivity index (χ1v) is 10.7. The SMILES string of the molecule is O=C(O)CCC[C@H]1CC[C@@H]2[C@@H](/C=C/CCOc3cc(F)ccc3F)[C@H](O)C[C@@H]2OC1. The molecule has 1 aliphatic heterocycles. The van der Waals surface area contributed by atoms with Crippen LogP contribution in [0.3, 0.4) is 0 Å². The number of benzene rings is 1. The first-order valence-electron chi connectivity index (χ1n) is 10.7. The van der Waals surface area contributed by atoms with E-state index in [1.807, 2.05) is 12.2 Å². The highest BCUT2D eigenvalue weighted by atomic mass is 19.1. The van der Waals surface area contributed by atoms with E-state index in [-0.39, 0.29) is 36.7 Å². The third-order valence-electron chi connectivity index (χ3n) is 6.14. The van der Waals surface area contributed by atoms with E-state index < -0.39 is 23.7 Å². The van der Waals surface area contributed by atoms with Crippen molar-refractivity contribution in [3.05, 3.63) is 42.0 Å². The molecule has 0 spiro atoms. The van der Waals surface area contributed by atoms with E-state index in [4.69, 9.17) is 14.6 Å². The van der Waals surface area contributed by atoms with Crippen LogP contribution in [0.5, 0.6) is 5.75 Å². The largest absolute Gasteiger partial charge is 0.490 e. The minimum atomic E-state index is -0.765. The molecule has 2 fully saturated rings. The summed E-state index contributed by atoms with van der Waals surface area (Å²) in [5, 5.41) is 19.3. The molecule has 2 aliphatic rings. The summed E-state index contributed by atoms with van der Waals surface area (Å²) in [5.74, 6) is -1.40. The van der Waals surface area contributed by atoms with Crippen LogP contribution in [0, 0.1) is 29.4 Å². The van der Waals surface area contributed by atoms with Crippen molar-refractivity contribution >= 4 is 5.97 Å². The van der Waals surface area contributed by atoms with Gasteiger partial charge >= 0.3 is 5.97 Å². The van der Waals surface area contributed by atoms with Gasteiger partial charge in [0.25, 0.3) is 0 Å². The Kier molecular flexibility index (Phi) is 8.22. The average Bonchev–Trinajstić information content (AvgIpc) is 2.86. The van der Waals surface area contributed by atoms with Gasteiger partial charge in [0, 0.05) is 31.4 Å². The summed E-state index contributed by atoms with van der Waals surface area (Å²) >= 11 is 0. The van der Waals surface area contributed by atoms with E-state index in [1.165, 1.54) is 0 Å². The van der Waals surface area contributed by atoms with Crippen molar-refractivity contribution in [1.82, 2.24) is 0 Å². The number of aliphatic hydroxyl groups is 1. The lowest BCUT2D eigenvalue weighted by atomic mass is 9.86. The van der Waals surface area contributed by atoms with Crippen molar-refractivity contribution in [2.24, 2.45) is 17.8 Å². The number of halogens is 2. The quantitative estimate of drug-likeness (QED) is 0.456. The van der Waals surface area contributed by atoms with E-state index in [9.17, 15) is 18.7 Å². The third kappa shape index (κ3) is 6.25. The Morgan fingerprint density at radius 1 is 1.30 bits per heavy atom. The molecule has 0 aromatic heterocycles. The average molecular weight is 424 g/mol. The molecule has 1 aromatic rings. The first-order chi connectivity index (χ1) is 14.4. The van der Waals surface area contributed by atoms with Crippen LogP contribution in [-0.2, 0) is 9.53 Å². The monoisotopic (exact) mass is 424 g/mol. The predicted molar refractivity (Wildman–Crippen MR) is 107 cm³/mol. The molecule has 0 amide bonds. The number of hydrogen-bond donors (Lipinski definition) is 2. The van der Waals surface area contributed by atoms with E-state index >= 15 is 0 Å². The van der Waals surface area contributed by atoms with E-state index in [0.29, 0.717) is 31.8 Å². The lowest BCUT2D eigenvalue weighted by molar-refractivity contribution is -0.137. The molecule has 7 heteroatoms. The van der Waals surface area contributed by atoms with Crippen LogP contribution in [0.2, 0.25) is 0 Å². The molecule has 1 saturated heterocycles. The second-order valence-electron chi connectivity index (χ2n) is 8.29. The highest BCUT2D eigenvalue weighted by molar-refractivity contribution is 5.66. The van der Waals surface area contributed by atoms with Crippen LogP contribution >= 0.6 is 0 Å². The van der Waals surface area contributed by atoms with Gasteiger partial charge in [0.05, 0.1) is 18.8 Å². The number of carboxylic acids is 1. The van der Waals surface area contributed by atoms with Crippen LogP contribution < -0.4 is 4.74 Å². The van der Waals surface area contributed by atoms with Crippen molar-refractivity contribution in [2.45, 2.75) is 57.2 Å². The summed E-state index contributed by atoms with van der Waals surface area (Å²) in [6.45, 7) is 0.840. The number of carboxylic acid groups (broad SMARTS) is 1. The number of carbonyl (C=O) groups is 1. The van der Waals surface area contributed by atoms with E-state index in [1.54, 1.807) is 0 Å². The Labute approximate surface area is 175 Å². The van der Waals surface area contributed by atoms with Gasteiger partial charge in [0.1, 0.15) is 5.82 Å². The molecular formula is C23H30F2O5. The highest BCUT2D eigenvalue weighted by Gasteiger charge is 2.43. The number of hydrogen-bond acceptors (Lipinski definition) is 4. The number of aliphatic hydroxyl groups excluding tert-OH is 1. The van der Waals surface area contributed by atoms with Crippen molar-refractivity contribution in [3.63, 3.8) is 0 Å². The molecular weight excluding hydrogens is 394 g/mol. The predicted octanol–water partition coefficient (Wildman–Crippen LogP) is 4.34. The van der Waals surface area contributed by atoms with Crippen molar-refractivity contribution < 1.29 is 33.3 Å². The van der Waals surface area contributed by atoms with Gasteiger partial charge in [-0.3, -0.25) is 4.79 Å². The molecule has 3 rings (SSSR count). The maximum Gasteiger partial charge on any atom is 0.303 e. The molecule has 1 aromatic carbocycles. The zero-order valence-corrected chi connectivity index (χ0v) is 17.0. The summed E-state index contributed by atoms with van der Waals surface area (Å²) in [6.07, 6.45) is 8.23. The molecule has 30 heavy (non-hydrogen) atoms. The van der Waals surface area contributed by atoms with Crippen molar-refractivity contribution in [3.8, 4) is 5.75 Å². The van der Waals surface area contributed by atoms with Crippen LogP contribution in [-0.4, -0.2) is 41.6 Å². The zero-order chi connectivity index (χ0) is 21.5. The molecule has 1 heterocycles. The Hall–Kier alpha value is -1.99. The first kappa shape index (κ1) is 22.7. The molecule has 0 radical (unpaired) electrons. The lowest BCUT2D eigenvalue weighted by Gasteiger charge is -2.20. The Morgan fingerprint density at radius 3 is 2.93 bits per heavy atom. The minimum absolute atomic E-state index is 0.00123. The van der Waals surface area contributed by atoms with Gasteiger partial charge in [-0.05, 0) is 56.1 Å². The number of ether oxygens (including phenoxy) is 2. The summed E-state index contributed by atoms with van der Waals surface area (Å²) in [4.78, 5) is 10.7. The molecule has 5 nitrogen and oxygen atoms in total. The van der Waals surface area contributed by atoms with Gasteiger partial charge in [0.15, 0.2) is 11.6 Å². The van der Waals surface area contributed by atoms with Crippen LogP contribution in [0.25, 0.3) is 0 Å². The van der Waals surface area contributed by atoms with Gasteiger partial charge in [-0.25, -0.2) is 8.78 Å². The molecule has 1 saturated carbocycles. The Balaban J connectivity index is 1.46. The molecule has 5 atom stereocenters. The van der Waals surface area contributed by atoms with Crippen LogP contribution in [0.4, 0.5) is 8.78 Å². The molecule has 166 valence electrons. The smallest absolute Gasteiger partial charge is 0.303 e. The fourth-order valence-corrected chi connectivity index (χ4v) is 4.56. The molecule has 0 unspecified atom stereocenters. The van der Waals surface area contributed by atoms with Gasteiger partial charge in [-0.1, -0.05) is 12.2 Å². The fraction of sp³-hybridized carbons (Fsp3) is 0.609. The summed E-state index contributed by atoms with van der Waals surface area (Å²) in [5.41, 5.74) is 0. The number of fused-ring (bicyclic) bond motifs is 1. The van der Waals surface area contributed by atoms with Crippen LogP contribution in [0.1, 0.15) is 44.9 Å². The molecule has 0 bridgehead atoms. The second kappa shape index (κ2) is 10.9. The highest BCUT2D eigenvalue weighted by Crippen LogP contribution is 2.42. The Morgan fingerprint density at radius 2 is 2.13 bits per heavy atom. The standard InChI is InChI=1S/C23H30F2O5/c24-16-8-10-19(25)22(12-16)29-11-2-1-5-17-18-9-7-15(4-3-6-23(27)28)14-30-21(18)13-20(17)26/h1,5,8,10,12,15,17-18,20-21,26H,2-4,6-7,9,11,13-14H2,(H,27,28)/b5-1+/t15-,17+,18+,20+,21-/m0/s1. The van der Waals surface area contributed by atoms with Gasteiger partial charge in [-0.15, -0.1) is 0 Å². The van der Waals surface area contributed by atoms with Crippen molar-refractivity contribution in [2.75, 3.05) is 13.2 Å². The molecule has 1 aliphatic carbocycles. The molecule has 2 N–H and O–H groups in total. The third-order valence-corrected chi connectivity index (χ3v) is 6.14. The topological polar surface area (TPSA) is 76.0 Å².